The van der Waals surface area contributed by atoms with Crippen molar-refractivity contribution in [2.45, 2.75) is 71.6 Å². The summed E-state index contributed by atoms with van der Waals surface area (Å²) in [6, 6.07) is 0. The lowest BCUT2D eigenvalue weighted by atomic mass is 9.95. The van der Waals surface area contributed by atoms with Crippen LogP contribution in [0.15, 0.2) is 0 Å². The molecule has 0 fully saturated rings. The van der Waals surface area contributed by atoms with Crippen LogP contribution in [-0.2, 0) is 4.74 Å². The van der Waals surface area contributed by atoms with E-state index in [0.29, 0.717) is 13.2 Å². The molecule has 3 heteroatoms. The third-order valence-corrected chi connectivity index (χ3v) is 3.03. The summed E-state index contributed by atoms with van der Waals surface area (Å²) >= 11 is 0. The zero-order chi connectivity index (χ0) is 12.8. The van der Waals surface area contributed by atoms with Crippen LogP contribution >= 0.6 is 0 Å². The minimum absolute atomic E-state index is 0.128. The van der Waals surface area contributed by atoms with Crippen molar-refractivity contribution < 1.29 is 9.84 Å². The number of rotatable bonds is 7. The highest BCUT2D eigenvalue weighted by Crippen LogP contribution is 2.13. The number of nitrogens with one attached hydrogen (secondary N) is 1. The van der Waals surface area contributed by atoms with Gasteiger partial charge in [-0.1, -0.05) is 13.8 Å². The lowest BCUT2D eigenvalue weighted by molar-refractivity contribution is -0.0493. The van der Waals surface area contributed by atoms with Crippen LogP contribution in [0.5, 0.6) is 0 Å². The van der Waals surface area contributed by atoms with Gasteiger partial charge >= 0.3 is 0 Å². The molecular formula is C13H29NO2. The van der Waals surface area contributed by atoms with E-state index in [2.05, 4.69) is 26.1 Å². The molecule has 0 aromatic rings. The first-order valence-corrected chi connectivity index (χ1v) is 6.29. The fourth-order valence-corrected chi connectivity index (χ4v) is 1.27. The maximum absolute atomic E-state index is 9.78. The Morgan fingerprint density at radius 1 is 1.12 bits per heavy atom. The first-order valence-electron chi connectivity index (χ1n) is 6.29. The van der Waals surface area contributed by atoms with Crippen molar-refractivity contribution in [2.24, 2.45) is 0 Å². The molecule has 0 rings (SSSR count). The number of aliphatic hydroxyl groups excluding tert-OH is 1. The summed E-state index contributed by atoms with van der Waals surface area (Å²) in [4.78, 5) is 0. The number of hydrogen-bond donors (Lipinski definition) is 2. The fraction of sp³-hybridized carbons (Fsp3) is 1.00. The Kier molecular flexibility index (Phi) is 6.53. The van der Waals surface area contributed by atoms with Crippen LogP contribution < -0.4 is 5.32 Å². The number of β-amino-alcohol motifs (C(OH)–C–C–N with tert-alkyl or cyclic N) is 1. The van der Waals surface area contributed by atoms with E-state index in [1.807, 2.05) is 20.8 Å². The van der Waals surface area contributed by atoms with Gasteiger partial charge in [-0.05, 0) is 40.5 Å². The number of hydrogen-bond acceptors (Lipinski definition) is 3. The van der Waals surface area contributed by atoms with E-state index in [-0.39, 0.29) is 11.1 Å². The predicted molar refractivity (Wildman–Crippen MR) is 68.7 cm³/mol. The monoisotopic (exact) mass is 231 g/mol. The van der Waals surface area contributed by atoms with Crippen molar-refractivity contribution in [3.05, 3.63) is 0 Å². The third-order valence-electron chi connectivity index (χ3n) is 3.03. The van der Waals surface area contributed by atoms with E-state index in [1.54, 1.807) is 0 Å². The molecule has 0 aliphatic carbocycles. The fourth-order valence-electron chi connectivity index (χ4n) is 1.27. The Balaban J connectivity index is 3.85. The topological polar surface area (TPSA) is 41.5 Å². The second-order valence-electron chi connectivity index (χ2n) is 5.73. The summed E-state index contributed by atoms with van der Waals surface area (Å²) in [5, 5.41) is 13.2. The normalized spacial score (nSPS) is 15.2. The summed E-state index contributed by atoms with van der Waals surface area (Å²) < 4.78 is 5.53. The maximum atomic E-state index is 9.78. The Bertz CT molecular complexity index is 183. The standard InChI is InChI=1S/C13H29NO2/c1-7-13(6,8-2)14-9-11(15)10-16-12(3,4)5/h11,14-15H,7-10H2,1-6H3. The molecule has 0 aromatic carbocycles. The molecule has 0 aliphatic rings. The van der Waals surface area contributed by atoms with E-state index in [1.165, 1.54) is 0 Å². The summed E-state index contributed by atoms with van der Waals surface area (Å²) in [5.74, 6) is 0. The van der Waals surface area contributed by atoms with Crippen molar-refractivity contribution in [3.63, 3.8) is 0 Å². The summed E-state index contributed by atoms with van der Waals surface area (Å²) in [7, 11) is 0. The quantitative estimate of drug-likeness (QED) is 0.706. The van der Waals surface area contributed by atoms with Gasteiger partial charge in [0.1, 0.15) is 0 Å². The molecule has 0 aromatic heterocycles. The Morgan fingerprint density at radius 2 is 1.62 bits per heavy atom. The summed E-state index contributed by atoms with van der Waals surface area (Å²) in [6.45, 7) is 13.5. The molecule has 1 unspecified atom stereocenters. The van der Waals surface area contributed by atoms with Gasteiger partial charge in [0.05, 0.1) is 18.3 Å². The molecule has 0 aliphatic heterocycles. The van der Waals surface area contributed by atoms with Gasteiger partial charge in [0.25, 0.3) is 0 Å². The van der Waals surface area contributed by atoms with Gasteiger partial charge in [0, 0.05) is 12.1 Å². The Morgan fingerprint density at radius 3 is 2.00 bits per heavy atom. The summed E-state index contributed by atoms with van der Waals surface area (Å²) in [6.07, 6.45) is 1.70. The van der Waals surface area contributed by atoms with Gasteiger partial charge in [-0.3, -0.25) is 0 Å². The van der Waals surface area contributed by atoms with Crippen molar-refractivity contribution in [1.29, 1.82) is 0 Å². The highest BCUT2D eigenvalue weighted by Gasteiger charge is 2.20. The van der Waals surface area contributed by atoms with Crippen LogP contribution in [0, 0.1) is 0 Å². The molecule has 98 valence electrons. The highest BCUT2D eigenvalue weighted by atomic mass is 16.5. The van der Waals surface area contributed by atoms with Crippen molar-refractivity contribution >= 4 is 0 Å². The molecule has 0 bridgehead atoms. The number of ether oxygens (including phenoxy) is 1. The first-order chi connectivity index (χ1) is 7.22. The summed E-state index contributed by atoms with van der Waals surface area (Å²) in [5.41, 5.74) is -0.0531. The largest absolute Gasteiger partial charge is 0.389 e. The van der Waals surface area contributed by atoms with Gasteiger partial charge in [-0.25, -0.2) is 0 Å². The molecule has 16 heavy (non-hydrogen) atoms. The minimum Gasteiger partial charge on any atom is -0.389 e. The zero-order valence-corrected chi connectivity index (χ0v) is 11.8. The maximum Gasteiger partial charge on any atom is 0.0898 e. The number of aliphatic hydroxyl groups is 1. The smallest absolute Gasteiger partial charge is 0.0898 e. The SMILES string of the molecule is CCC(C)(CC)NCC(O)COC(C)(C)C. The van der Waals surface area contributed by atoms with Crippen LogP contribution in [0.2, 0.25) is 0 Å². The molecule has 0 saturated heterocycles. The van der Waals surface area contributed by atoms with Crippen LogP contribution in [0.4, 0.5) is 0 Å². The molecule has 0 spiro atoms. The first kappa shape index (κ1) is 15.9. The van der Waals surface area contributed by atoms with Gasteiger partial charge in [-0.2, -0.15) is 0 Å². The van der Waals surface area contributed by atoms with Crippen molar-refractivity contribution in [2.75, 3.05) is 13.2 Å². The van der Waals surface area contributed by atoms with E-state index in [4.69, 9.17) is 4.74 Å². The van der Waals surface area contributed by atoms with E-state index in [0.717, 1.165) is 12.8 Å². The van der Waals surface area contributed by atoms with Crippen molar-refractivity contribution in [1.82, 2.24) is 5.32 Å². The van der Waals surface area contributed by atoms with Crippen LogP contribution in [0.1, 0.15) is 54.4 Å². The van der Waals surface area contributed by atoms with E-state index in [9.17, 15) is 5.11 Å². The third kappa shape index (κ3) is 7.20. The lowest BCUT2D eigenvalue weighted by Crippen LogP contribution is -2.46. The average Bonchev–Trinajstić information content (AvgIpc) is 2.22. The van der Waals surface area contributed by atoms with Gasteiger partial charge < -0.3 is 15.2 Å². The molecule has 3 nitrogen and oxygen atoms in total. The molecule has 0 amide bonds. The van der Waals surface area contributed by atoms with E-state index < -0.39 is 6.10 Å². The second-order valence-corrected chi connectivity index (χ2v) is 5.73. The molecule has 2 N–H and O–H groups in total. The molecule has 0 radical (unpaired) electrons. The zero-order valence-electron chi connectivity index (χ0n) is 11.8. The van der Waals surface area contributed by atoms with E-state index >= 15 is 0 Å². The van der Waals surface area contributed by atoms with Gasteiger partial charge in [0.2, 0.25) is 0 Å². The minimum atomic E-state index is -0.434. The van der Waals surface area contributed by atoms with Gasteiger partial charge in [-0.15, -0.1) is 0 Å². The second kappa shape index (κ2) is 6.58. The Labute approximate surface area is 101 Å². The predicted octanol–water partition coefficient (Wildman–Crippen LogP) is 2.33. The van der Waals surface area contributed by atoms with Gasteiger partial charge in [0.15, 0.2) is 0 Å². The van der Waals surface area contributed by atoms with Crippen molar-refractivity contribution in [3.8, 4) is 0 Å². The van der Waals surface area contributed by atoms with Crippen LogP contribution in [0.25, 0.3) is 0 Å². The highest BCUT2D eigenvalue weighted by molar-refractivity contribution is 4.80. The molecule has 0 saturated carbocycles. The average molecular weight is 231 g/mol. The molecular weight excluding hydrogens is 202 g/mol. The van der Waals surface area contributed by atoms with Crippen LogP contribution in [-0.4, -0.2) is 35.5 Å². The van der Waals surface area contributed by atoms with Crippen LogP contribution in [0.3, 0.4) is 0 Å². The molecule has 1 atom stereocenters. The molecule has 0 heterocycles. The Hall–Kier alpha value is -0.120. The lowest BCUT2D eigenvalue weighted by Gasteiger charge is -2.30.